The number of aromatic nitrogens is 1. The monoisotopic (exact) mass is 416 g/mol. The van der Waals surface area contributed by atoms with Crippen molar-refractivity contribution in [1.29, 1.82) is 0 Å². The fourth-order valence-electron chi connectivity index (χ4n) is 6.30. The molecule has 1 aliphatic heterocycles. The van der Waals surface area contributed by atoms with Gasteiger partial charge in [-0.1, -0.05) is 36.6 Å². The summed E-state index contributed by atoms with van der Waals surface area (Å²) >= 11 is 0. The van der Waals surface area contributed by atoms with Crippen LogP contribution in [0.3, 0.4) is 0 Å². The molecule has 1 aromatic carbocycles. The number of hydrogen-bond donors (Lipinski definition) is 0. The normalized spacial score (nSPS) is 27.0. The van der Waals surface area contributed by atoms with E-state index in [2.05, 4.69) is 41.9 Å². The maximum atomic E-state index is 12.6. The van der Waals surface area contributed by atoms with Crippen molar-refractivity contribution in [3.05, 3.63) is 71.1 Å². The predicted octanol–water partition coefficient (Wildman–Crippen LogP) is 5.33. The SMILES string of the molecule is CC(C)=CCN1CC[C@]23CCCC[C@H]2[C@H]1Cc1ccc(OC(=O)c2ccccn2)cc13. The summed E-state index contributed by atoms with van der Waals surface area (Å²) in [5.74, 6) is 0.969. The number of allylic oxidation sites excluding steroid dienone is 1. The molecule has 2 aromatic rings. The van der Waals surface area contributed by atoms with E-state index in [9.17, 15) is 4.79 Å². The molecule has 1 saturated carbocycles. The second-order valence-electron chi connectivity index (χ2n) is 9.73. The van der Waals surface area contributed by atoms with E-state index in [1.807, 2.05) is 12.1 Å². The lowest BCUT2D eigenvalue weighted by Crippen LogP contribution is -2.60. The summed E-state index contributed by atoms with van der Waals surface area (Å²) in [6.07, 6.45) is 11.5. The van der Waals surface area contributed by atoms with Crippen LogP contribution in [0.25, 0.3) is 0 Å². The van der Waals surface area contributed by atoms with Crippen molar-refractivity contribution >= 4 is 5.97 Å². The first-order valence-electron chi connectivity index (χ1n) is 11.7. The Labute approximate surface area is 185 Å². The van der Waals surface area contributed by atoms with Crippen molar-refractivity contribution in [3.8, 4) is 5.75 Å². The van der Waals surface area contributed by atoms with Gasteiger partial charge in [0.05, 0.1) is 0 Å². The number of fused-ring (bicyclic) bond motifs is 1. The molecular weight excluding hydrogens is 384 g/mol. The molecule has 0 radical (unpaired) electrons. The summed E-state index contributed by atoms with van der Waals surface area (Å²) in [7, 11) is 0. The molecule has 2 fully saturated rings. The Kier molecular flexibility index (Phi) is 5.43. The summed E-state index contributed by atoms with van der Waals surface area (Å²) in [5.41, 5.74) is 4.88. The lowest BCUT2D eigenvalue weighted by molar-refractivity contribution is -0.00530. The molecule has 1 aromatic heterocycles. The van der Waals surface area contributed by atoms with Crippen molar-refractivity contribution in [1.82, 2.24) is 9.88 Å². The van der Waals surface area contributed by atoms with E-state index >= 15 is 0 Å². The summed E-state index contributed by atoms with van der Waals surface area (Å²) in [5, 5.41) is 0. The third-order valence-corrected chi connectivity index (χ3v) is 7.74. The molecule has 0 amide bonds. The Balaban J connectivity index is 1.46. The van der Waals surface area contributed by atoms with E-state index in [0.717, 1.165) is 19.5 Å². The molecule has 0 spiro atoms. The zero-order chi connectivity index (χ0) is 21.4. The van der Waals surface area contributed by atoms with E-state index in [4.69, 9.17) is 4.74 Å². The van der Waals surface area contributed by atoms with Crippen LogP contribution >= 0.6 is 0 Å². The van der Waals surface area contributed by atoms with Gasteiger partial charge in [0.1, 0.15) is 11.4 Å². The van der Waals surface area contributed by atoms with Crippen LogP contribution < -0.4 is 4.74 Å². The molecule has 31 heavy (non-hydrogen) atoms. The number of ether oxygens (including phenoxy) is 1. The molecule has 1 saturated heterocycles. The average Bonchev–Trinajstić information content (AvgIpc) is 2.79. The largest absolute Gasteiger partial charge is 0.422 e. The molecule has 2 bridgehead atoms. The van der Waals surface area contributed by atoms with Gasteiger partial charge in [-0.3, -0.25) is 4.90 Å². The molecule has 2 aliphatic carbocycles. The van der Waals surface area contributed by atoms with Gasteiger partial charge in [0.25, 0.3) is 0 Å². The Morgan fingerprint density at radius 2 is 2.13 bits per heavy atom. The highest BCUT2D eigenvalue weighted by atomic mass is 16.5. The van der Waals surface area contributed by atoms with Crippen LogP contribution in [-0.4, -0.2) is 35.0 Å². The summed E-state index contributed by atoms with van der Waals surface area (Å²) in [6.45, 7) is 6.61. The molecule has 2 heterocycles. The van der Waals surface area contributed by atoms with Crippen LogP contribution in [-0.2, 0) is 11.8 Å². The first kappa shape index (κ1) is 20.4. The highest BCUT2D eigenvalue weighted by Crippen LogP contribution is 2.56. The number of benzene rings is 1. The number of carbonyl (C=O) groups is 1. The Morgan fingerprint density at radius 1 is 1.23 bits per heavy atom. The first-order chi connectivity index (χ1) is 15.1. The molecule has 4 heteroatoms. The second-order valence-corrected chi connectivity index (χ2v) is 9.73. The minimum absolute atomic E-state index is 0.241. The third-order valence-electron chi connectivity index (χ3n) is 7.74. The topological polar surface area (TPSA) is 42.4 Å². The van der Waals surface area contributed by atoms with E-state index in [1.165, 1.54) is 48.8 Å². The van der Waals surface area contributed by atoms with Crippen molar-refractivity contribution < 1.29 is 9.53 Å². The van der Waals surface area contributed by atoms with Crippen LogP contribution in [0.4, 0.5) is 0 Å². The molecule has 3 atom stereocenters. The fourth-order valence-corrected chi connectivity index (χ4v) is 6.30. The van der Waals surface area contributed by atoms with E-state index in [1.54, 1.807) is 18.3 Å². The number of nitrogens with zero attached hydrogens (tertiary/aromatic N) is 2. The molecule has 5 rings (SSSR count). The molecule has 3 aliphatic rings. The Bertz CT molecular complexity index is 996. The van der Waals surface area contributed by atoms with Gasteiger partial charge in [0.2, 0.25) is 0 Å². The van der Waals surface area contributed by atoms with Gasteiger partial charge in [0.15, 0.2) is 0 Å². The first-order valence-corrected chi connectivity index (χ1v) is 11.7. The summed E-state index contributed by atoms with van der Waals surface area (Å²) in [6, 6.07) is 12.3. The van der Waals surface area contributed by atoms with Gasteiger partial charge in [0, 0.05) is 24.2 Å². The number of piperidine rings is 1. The predicted molar refractivity (Wildman–Crippen MR) is 122 cm³/mol. The third kappa shape index (κ3) is 3.71. The van der Waals surface area contributed by atoms with Gasteiger partial charge < -0.3 is 4.74 Å². The number of esters is 1. The smallest absolute Gasteiger partial charge is 0.362 e. The zero-order valence-electron chi connectivity index (χ0n) is 18.6. The maximum absolute atomic E-state index is 12.6. The van der Waals surface area contributed by atoms with Gasteiger partial charge in [-0.2, -0.15) is 0 Å². The summed E-state index contributed by atoms with van der Waals surface area (Å²) < 4.78 is 5.75. The van der Waals surface area contributed by atoms with Gasteiger partial charge in [-0.25, -0.2) is 9.78 Å². The van der Waals surface area contributed by atoms with Gasteiger partial charge in [-0.05, 0) is 87.4 Å². The minimum atomic E-state index is -0.386. The maximum Gasteiger partial charge on any atom is 0.362 e. The van der Waals surface area contributed by atoms with Crippen LogP contribution in [0.1, 0.15) is 67.6 Å². The molecule has 4 nitrogen and oxygen atoms in total. The van der Waals surface area contributed by atoms with Crippen LogP contribution in [0.15, 0.2) is 54.2 Å². The number of hydrogen-bond acceptors (Lipinski definition) is 4. The quantitative estimate of drug-likeness (QED) is 0.384. The molecule has 162 valence electrons. The average molecular weight is 417 g/mol. The number of likely N-dealkylation sites (tertiary alicyclic amines) is 1. The number of pyridine rings is 1. The van der Waals surface area contributed by atoms with Crippen molar-refractivity contribution in [2.75, 3.05) is 13.1 Å². The molecule has 0 N–H and O–H groups in total. The second kappa shape index (κ2) is 8.23. The highest BCUT2D eigenvalue weighted by Gasteiger charge is 2.53. The standard InChI is InChI=1S/C27H32N2O2/c1-19(2)11-15-29-16-13-27-12-5-3-7-22(27)25(29)17-20-9-10-21(18-23(20)27)31-26(30)24-8-4-6-14-28-24/h4,6,8-11,14,18,22,25H,3,5,7,12-13,15-17H2,1-2H3/t22-,25+,27+/m0/s1. The zero-order valence-corrected chi connectivity index (χ0v) is 18.6. The summed E-state index contributed by atoms with van der Waals surface area (Å²) in [4.78, 5) is 19.4. The van der Waals surface area contributed by atoms with Crippen molar-refractivity contribution in [2.24, 2.45) is 5.92 Å². The molecular formula is C27H32N2O2. The van der Waals surface area contributed by atoms with Crippen LogP contribution in [0, 0.1) is 5.92 Å². The van der Waals surface area contributed by atoms with Crippen LogP contribution in [0.5, 0.6) is 5.75 Å². The lowest BCUT2D eigenvalue weighted by atomic mass is 9.52. The molecule has 0 unspecified atom stereocenters. The van der Waals surface area contributed by atoms with E-state index in [-0.39, 0.29) is 11.4 Å². The van der Waals surface area contributed by atoms with Gasteiger partial charge in [-0.15, -0.1) is 0 Å². The number of rotatable bonds is 4. The van der Waals surface area contributed by atoms with Crippen molar-refractivity contribution in [3.63, 3.8) is 0 Å². The lowest BCUT2D eigenvalue weighted by Gasteiger charge is -2.59. The minimum Gasteiger partial charge on any atom is -0.422 e. The van der Waals surface area contributed by atoms with Crippen LogP contribution in [0.2, 0.25) is 0 Å². The van der Waals surface area contributed by atoms with Crippen molar-refractivity contribution in [2.45, 2.75) is 63.8 Å². The highest BCUT2D eigenvalue weighted by molar-refractivity contribution is 5.88. The fraction of sp³-hybridized carbons (Fsp3) is 0.481. The number of carbonyl (C=O) groups excluding carboxylic acids is 1. The van der Waals surface area contributed by atoms with E-state index in [0.29, 0.717) is 23.4 Å². The Morgan fingerprint density at radius 3 is 2.94 bits per heavy atom. The Hall–Kier alpha value is -2.46. The van der Waals surface area contributed by atoms with Gasteiger partial charge >= 0.3 is 5.97 Å². The van der Waals surface area contributed by atoms with E-state index < -0.39 is 0 Å².